The molecule has 4 heteroatoms. The van der Waals surface area contributed by atoms with Gasteiger partial charge in [0.05, 0.1) is 19.7 Å². The molecule has 3 rings (SSSR count). The largest absolute Gasteiger partial charge is 0.463 e. The lowest BCUT2D eigenvalue weighted by atomic mass is 10.1. The topological polar surface area (TPSA) is 37.6 Å². The fourth-order valence-corrected chi connectivity index (χ4v) is 2.78. The zero-order chi connectivity index (χ0) is 13.1. The quantitative estimate of drug-likeness (QED) is 0.817. The molecule has 1 saturated carbocycles. The third kappa shape index (κ3) is 3.81. The summed E-state index contributed by atoms with van der Waals surface area (Å²) in [6, 6.07) is 4.96. The van der Waals surface area contributed by atoms with Gasteiger partial charge in [0.1, 0.15) is 11.5 Å². The molecule has 1 atom stereocenters. The van der Waals surface area contributed by atoms with Gasteiger partial charge in [0.2, 0.25) is 0 Å². The van der Waals surface area contributed by atoms with Crippen molar-refractivity contribution in [3.63, 3.8) is 0 Å². The van der Waals surface area contributed by atoms with Gasteiger partial charge in [-0.1, -0.05) is 0 Å². The van der Waals surface area contributed by atoms with Crippen molar-refractivity contribution in [2.45, 2.75) is 38.4 Å². The summed E-state index contributed by atoms with van der Waals surface area (Å²) < 4.78 is 11.1. The molecule has 1 aliphatic heterocycles. The Kier molecular flexibility index (Phi) is 4.21. The van der Waals surface area contributed by atoms with E-state index < -0.39 is 0 Å². The van der Waals surface area contributed by atoms with Crippen molar-refractivity contribution in [1.82, 2.24) is 10.2 Å². The van der Waals surface area contributed by atoms with Gasteiger partial charge in [-0.3, -0.25) is 4.90 Å². The molecule has 0 radical (unpaired) electrons. The fourth-order valence-electron chi connectivity index (χ4n) is 2.78. The minimum absolute atomic E-state index is 0.691. The van der Waals surface area contributed by atoms with Gasteiger partial charge >= 0.3 is 0 Å². The average molecular weight is 264 g/mol. The Bertz CT molecular complexity index is 401. The molecule has 2 aliphatic rings. The average Bonchev–Trinajstić information content (AvgIpc) is 2.97. The molecule has 1 aromatic rings. The normalized spacial score (nSPS) is 24.2. The summed E-state index contributed by atoms with van der Waals surface area (Å²) in [5, 5.41) is 3.48. The molecular weight excluding hydrogens is 240 g/mol. The first-order valence-electron chi connectivity index (χ1n) is 7.36. The Morgan fingerprint density at radius 3 is 2.95 bits per heavy atom. The van der Waals surface area contributed by atoms with E-state index in [2.05, 4.69) is 22.3 Å². The first-order valence-corrected chi connectivity index (χ1v) is 7.36. The molecule has 106 valence electrons. The van der Waals surface area contributed by atoms with Crippen molar-refractivity contribution < 1.29 is 9.15 Å². The molecule has 1 saturated heterocycles. The van der Waals surface area contributed by atoms with E-state index in [0.717, 1.165) is 50.3 Å². The predicted molar refractivity (Wildman–Crippen MR) is 73.8 cm³/mol. The van der Waals surface area contributed by atoms with Gasteiger partial charge in [-0.25, -0.2) is 0 Å². The van der Waals surface area contributed by atoms with Crippen molar-refractivity contribution in [2.75, 3.05) is 26.8 Å². The smallest absolute Gasteiger partial charge is 0.118 e. The van der Waals surface area contributed by atoms with Gasteiger partial charge in [-0.15, -0.1) is 0 Å². The van der Waals surface area contributed by atoms with E-state index in [-0.39, 0.29) is 0 Å². The fraction of sp³-hybridized carbons (Fsp3) is 0.733. The Labute approximate surface area is 115 Å². The Hall–Kier alpha value is -0.840. The van der Waals surface area contributed by atoms with E-state index in [9.17, 15) is 0 Å². The van der Waals surface area contributed by atoms with Gasteiger partial charge in [0.25, 0.3) is 0 Å². The van der Waals surface area contributed by atoms with Crippen molar-refractivity contribution >= 4 is 0 Å². The molecule has 0 amide bonds. The summed E-state index contributed by atoms with van der Waals surface area (Å²) in [5.41, 5.74) is 0. The second-order valence-corrected chi connectivity index (χ2v) is 5.87. The number of hydrogen-bond acceptors (Lipinski definition) is 4. The molecular formula is C15H24N2O2. The van der Waals surface area contributed by atoms with Crippen molar-refractivity contribution in [3.8, 4) is 0 Å². The van der Waals surface area contributed by atoms with Crippen LogP contribution in [-0.4, -0.2) is 37.7 Å². The van der Waals surface area contributed by atoms with Crippen LogP contribution in [0.4, 0.5) is 0 Å². The maximum Gasteiger partial charge on any atom is 0.118 e. The van der Waals surface area contributed by atoms with E-state index in [0.29, 0.717) is 5.92 Å². The van der Waals surface area contributed by atoms with Crippen LogP contribution in [0, 0.1) is 5.92 Å². The van der Waals surface area contributed by atoms with Crippen LogP contribution in [0.5, 0.6) is 0 Å². The number of likely N-dealkylation sites (tertiary alicyclic amines) is 1. The van der Waals surface area contributed by atoms with Crippen LogP contribution in [0.15, 0.2) is 16.5 Å². The van der Waals surface area contributed by atoms with E-state index in [1.54, 1.807) is 7.11 Å². The third-order valence-corrected chi connectivity index (χ3v) is 4.01. The minimum Gasteiger partial charge on any atom is -0.463 e. The van der Waals surface area contributed by atoms with Crippen LogP contribution < -0.4 is 5.32 Å². The molecule has 1 aliphatic carbocycles. The van der Waals surface area contributed by atoms with Gasteiger partial charge in [0.15, 0.2) is 0 Å². The van der Waals surface area contributed by atoms with Crippen molar-refractivity contribution in [2.24, 2.45) is 5.92 Å². The molecule has 0 bridgehead atoms. The summed E-state index contributed by atoms with van der Waals surface area (Å²) in [7, 11) is 1.79. The summed E-state index contributed by atoms with van der Waals surface area (Å²) in [6.45, 7) is 4.97. The molecule has 0 aromatic carbocycles. The first-order chi connectivity index (χ1) is 9.33. The molecule has 2 heterocycles. The molecule has 2 fully saturated rings. The number of nitrogens with one attached hydrogen (secondary N) is 1. The van der Waals surface area contributed by atoms with Crippen LogP contribution in [-0.2, 0) is 17.8 Å². The number of nitrogens with zero attached hydrogens (tertiary/aromatic N) is 1. The van der Waals surface area contributed by atoms with Crippen LogP contribution in [0.25, 0.3) is 0 Å². The second-order valence-electron chi connectivity index (χ2n) is 5.87. The third-order valence-electron chi connectivity index (χ3n) is 4.01. The van der Waals surface area contributed by atoms with E-state index in [1.807, 2.05) is 0 Å². The lowest BCUT2D eigenvalue weighted by Crippen LogP contribution is -2.21. The number of methoxy groups -OCH3 is 1. The highest BCUT2D eigenvalue weighted by molar-refractivity contribution is 5.07. The summed E-state index contributed by atoms with van der Waals surface area (Å²) in [5.74, 6) is 2.84. The van der Waals surface area contributed by atoms with Gasteiger partial charge in [0, 0.05) is 19.7 Å². The van der Waals surface area contributed by atoms with E-state index in [4.69, 9.17) is 9.15 Å². The monoisotopic (exact) mass is 264 g/mol. The van der Waals surface area contributed by atoms with Gasteiger partial charge < -0.3 is 14.5 Å². The molecule has 1 unspecified atom stereocenters. The zero-order valence-electron chi connectivity index (χ0n) is 11.7. The van der Waals surface area contributed by atoms with Crippen LogP contribution >= 0.6 is 0 Å². The Morgan fingerprint density at radius 1 is 1.32 bits per heavy atom. The van der Waals surface area contributed by atoms with Crippen LogP contribution in [0.2, 0.25) is 0 Å². The van der Waals surface area contributed by atoms with Gasteiger partial charge in [-0.05, 0) is 43.9 Å². The number of rotatable bonds is 7. The standard InChI is InChI=1S/C15H24N2O2/c1-18-11-12-6-7-17(9-12)10-15-5-4-14(19-15)8-16-13-2-3-13/h4-5,12-13,16H,2-3,6-11H2,1H3. The maximum absolute atomic E-state index is 5.88. The van der Waals surface area contributed by atoms with Crippen LogP contribution in [0.1, 0.15) is 30.8 Å². The highest BCUT2D eigenvalue weighted by atomic mass is 16.5. The van der Waals surface area contributed by atoms with Crippen molar-refractivity contribution in [1.29, 1.82) is 0 Å². The predicted octanol–water partition coefficient (Wildman–Crippen LogP) is 2.00. The van der Waals surface area contributed by atoms with Crippen LogP contribution in [0.3, 0.4) is 0 Å². The molecule has 19 heavy (non-hydrogen) atoms. The zero-order valence-corrected chi connectivity index (χ0v) is 11.7. The summed E-state index contributed by atoms with van der Waals surface area (Å²) in [4.78, 5) is 2.46. The SMILES string of the molecule is COCC1CCN(Cc2ccc(CNC3CC3)o2)C1. The number of furan rings is 1. The summed E-state index contributed by atoms with van der Waals surface area (Å²) >= 11 is 0. The lowest BCUT2D eigenvalue weighted by molar-refractivity contribution is 0.151. The first kappa shape index (κ1) is 13.2. The maximum atomic E-state index is 5.88. The number of ether oxygens (including phenoxy) is 1. The molecule has 0 spiro atoms. The lowest BCUT2D eigenvalue weighted by Gasteiger charge is -2.14. The highest BCUT2D eigenvalue weighted by Crippen LogP contribution is 2.21. The van der Waals surface area contributed by atoms with E-state index in [1.165, 1.54) is 19.3 Å². The second kappa shape index (κ2) is 6.07. The molecule has 1 aromatic heterocycles. The summed E-state index contributed by atoms with van der Waals surface area (Å²) in [6.07, 6.45) is 3.88. The van der Waals surface area contributed by atoms with E-state index >= 15 is 0 Å². The molecule has 1 N–H and O–H groups in total. The van der Waals surface area contributed by atoms with Gasteiger partial charge in [-0.2, -0.15) is 0 Å². The Morgan fingerprint density at radius 2 is 2.16 bits per heavy atom. The van der Waals surface area contributed by atoms with Crippen molar-refractivity contribution in [3.05, 3.63) is 23.7 Å². The minimum atomic E-state index is 0.691. The highest BCUT2D eigenvalue weighted by Gasteiger charge is 2.23. The Balaban J connectivity index is 1.44. The number of hydrogen-bond donors (Lipinski definition) is 1. The molecule has 4 nitrogen and oxygen atoms in total.